The first kappa shape index (κ1) is 36.5. The first-order valence-electron chi connectivity index (χ1n) is 17.1. The highest BCUT2D eigenvalue weighted by Crippen LogP contribution is 2.44. The molecule has 6 N–H and O–H groups in total. The highest BCUT2D eigenvalue weighted by Gasteiger charge is 2.35. The van der Waals surface area contributed by atoms with E-state index in [9.17, 15) is 29.7 Å². The molecule has 12 nitrogen and oxygen atoms in total. The van der Waals surface area contributed by atoms with Gasteiger partial charge in [-0.3, -0.25) is 19.4 Å². The number of nitrogens with zero attached hydrogens (tertiary/aromatic N) is 2. The van der Waals surface area contributed by atoms with Gasteiger partial charge in [0.25, 0.3) is 5.91 Å². The summed E-state index contributed by atoms with van der Waals surface area (Å²) >= 11 is 0. The first-order chi connectivity index (χ1) is 23.8. The number of hydrogen-bond donors (Lipinski definition) is 6. The van der Waals surface area contributed by atoms with Gasteiger partial charge in [0, 0.05) is 70.3 Å². The quantitative estimate of drug-likeness (QED) is 0.113. The maximum Gasteiger partial charge on any atom is 0.310 e. The Balaban J connectivity index is 2.00. The van der Waals surface area contributed by atoms with Crippen molar-refractivity contribution in [3.05, 3.63) is 68.8 Å². The number of aryl methyl sites for hydroxylation is 3. The van der Waals surface area contributed by atoms with Crippen LogP contribution in [0, 0.1) is 13.8 Å². The number of carbonyl (C=O) groups is 3. The molecular formula is C38H47N5O7. The van der Waals surface area contributed by atoms with Crippen LogP contribution < -0.4 is 5.32 Å². The number of allylic oxidation sites excluding steroid dienone is 1. The zero-order valence-corrected chi connectivity index (χ0v) is 29.8. The third-order valence-electron chi connectivity index (χ3n) is 10.0. The number of aromatic amines is 2. The normalized spacial score (nSPS) is 16.4. The van der Waals surface area contributed by atoms with E-state index in [4.69, 9.17) is 14.7 Å². The largest absolute Gasteiger partial charge is 0.481 e. The van der Waals surface area contributed by atoms with E-state index in [-0.39, 0.29) is 49.6 Å². The molecule has 50 heavy (non-hydrogen) atoms. The summed E-state index contributed by atoms with van der Waals surface area (Å²) in [5, 5.41) is 32.9. The predicted molar refractivity (Wildman–Crippen MR) is 191 cm³/mol. The van der Waals surface area contributed by atoms with Gasteiger partial charge >= 0.3 is 11.9 Å². The van der Waals surface area contributed by atoms with Crippen LogP contribution in [0.5, 0.6) is 0 Å². The lowest BCUT2D eigenvalue weighted by atomic mass is 9.84. The fraction of sp³-hybridized carbons (Fsp3) is 0.447. The van der Waals surface area contributed by atoms with E-state index >= 15 is 0 Å². The minimum atomic E-state index is -0.959. The second-order valence-corrected chi connectivity index (χ2v) is 13.2. The average Bonchev–Trinajstić information content (AvgIpc) is 3.75. The number of H-pyrrole nitrogens is 2. The minimum absolute atomic E-state index is 0.0924. The number of carboxylic acids is 1. The molecular weight excluding hydrogens is 638 g/mol. The van der Waals surface area contributed by atoms with E-state index in [1.54, 1.807) is 6.92 Å². The smallest absolute Gasteiger partial charge is 0.310 e. The van der Waals surface area contributed by atoms with Crippen LogP contribution in [0.1, 0.15) is 115 Å². The number of methoxy groups -OCH3 is 1. The number of aliphatic hydroxyl groups is 2. The molecule has 0 saturated carbocycles. The summed E-state index contributed by atoms with van der Waals surface area (Å²) < 4.78 is 5.13. The molecule has 0 saturated heterocycles. The van der Waals surface area contributed by atoms with E-state index in [2.05, 4.69) is 22.2 Å². The van der Waals surface area contributed by atoms with Crippen LogP contribution in [-0.2, 0) is 32.0 Å². The summed E-state index contributed by atoms with van der Waals surface area (Å²) in [6, 6.07) is 5.82. The number of esters is 1. The van der Waals surface area contributed by atoms with Gasteiger partial charge in [-0.25, -0.2) is 4.98 Å². The second-order valence-electron chi connectivity index (χ2n) is 13.2. The van der Waals surface area contributed by atoms with Crippen molar-refractivity contribution >= 4 is 51.1 Å². The molecule has 3 aromatic rings. The highest BCUT2D eigenvalue weighted by molar-refractivity contribution is 6.27. The van der Waals surface area contributed by atoms with E-state index < -0.39 is 29.9 Å². The summed E-state index contributed by atoms with van der Waals surface area (Å²) in [6.07, 6.45) is 0.170. The van der Waals surface area contributed by atoms with Crippen LogP contribution in [0.25, 0.3) is 33.2 Å². The predicted octanol–water partition coefficient (Wildman–Crippen LogP) is 5.44. The topological polar surface area (TPSA) is 191 Å². The molecule has 12 heteroatoms. The van der Waals surface area contributed by atoms with Gasteiger partial charge in [0.2, 0.25) is 0 Å². The Kier molecular flexibility index (Phi) is 10.9. The lowest BCUT2D eigenvalue weighted by molar-refractivity contribution is -0.140. The molecule has 2 aliphatic heterocycles. The standard InChI is InChI=1S/C38H47N5O7/c1-8-23-18(2)26-17-31-34(22(6)45)20(4)28(41-31)15-27-19(3)24(10-11-32(46)47)36(42-27)25(14-33(48)50-7)37-35(38(49)39-12-9-13-44)21(5)29(43-37)16-30(23)40-26/h15-17,19,22,24,40-41,44-45H,8-14H2,1-7H3,(H,39,49)(H,46,47). The summed E-state index contributed by atoms with van der Waals surface area (Å²) in [5.41, 5.74) is 10.1. The van der Waals surface area contributed by atoms with Gasteiger partial charge in [-0.1, -0.05) is 13.8 Å². The Hall–Kier alpha value is -4.81. The molecule has 5 rings (SSSR count). The maximum atomic E-state index is 13.9. The van der Waals surface area contributed by atoms with E-state index in [0.29, 0.717) is 41.1 Å². The molecule has 0 aliphatic carbocycles. The third-order valence-corrected chi connectivity index (χ3v) is 10.0. The summed E-state index contributed by atoms with van der Waals surface area (Å²) in [7, 11) is 1.29. The molecule has 0 spiro atoms. The molecule has 5 heterocycles. The van der Waals surface area contributed by atoms with Crippen molar-refractivity contribution in [3.8, 4) is 0 Å². The Morgan fingerprint density at radius 3 is 2.34 bits per heavy atom. The number of amides is 1. The number of aliphatic hydroxyl groups excluding tert-OH is 2. The number of fused-ring (bicyclic) bond motifs is 8. The van der Waals surface area contributed by atoms with E-state index in [1.165, 1.54) is 7.11 Å². The summed E-state index contributed by atoms with van der Waals surface area (Å²) in [6.45, 7) is 11.7. The minimum Gasteiger partial charge on any atom is -0.481 e. The first-order valence-corrected chi connectivity index (χ1v) is 17.1. The second kappa shape index (κ2) is 15.0. The van der Waals surface area contributed by atoms with Crippen molar-refractivity contribution in [1.29, 1.82) is 0 Å². The monoisotopic (exact) mass is 685 g/mol. The number of ether oxygens (including phenoxy) is 1. The molecule has 1 amide bonds. The van der Waals surface area contributed by atoms with Gasteiger partial charge in [-0.15, -0.1) is 0 Å². The molecule has 266 valence electrons. The van der Waals surface area contributed by atoms with Crippen molar-refractivity contribution in [2.45, 2.75) is 91.6 Å². The molecule has 3 aromatic heterocycles. The Labute approximate surface area is 291 Å². The van der Waals surface area contributed by atoms with E-state index in [1.807, 2.05) is 45.9 Å². The van der Waals surface area contributed by atoms with E-state index in [0.717, 1.165) is 44.3 Å². The fourth-order valence-corrected chi connectivity index (χ4v) is 7.25. The molecule has 8 bridgehead atoms. The van der Waals surface area contributed by atoms with Gasteiger partial charge < -0.3 is 35.3 Å². The van der Waals surface area contributed by atoms with Crippen LogP contribution >= 0.6 is 0 Å². The molecule has 0 radical (unpaired) electrons. The van der Waals surface area contributed by atoms with Crippen LogP contribution in [-0.4, -0.2) is 73.4 Å². The van der Waals surface area contributed by atoms with Gasteiger partial charge in [-0.05, 0) is 87.4 Å². The zero-order valence-electron chi connectivity index (χ0n) is 29.8. The van der Waals surface area contributed by atoms with Crippen molar-refractivity contribution in [1.82, 2.24) is 25.3 Å². The molecule has 3 atom stereocenters. The number of aliphatic carboxylic acids is 1. The zero-order chi connectivity index (χ0) is 36.4. The van der Waals surface area contributed by atoms with Crippen molar-refractivity contribution < 1.29 is 34.4 Å². The van der Waals surface area contributed by atoms with Crippen LogP contribution in [0.2, 0.25) is 0 Å². The van der Waals surface area contributed by atoms with Gasteiger partial charge in [0.05, 0.1) is 42.3 Å². The molecule has 0 fully saturated rings. The van der Waals surface area contributed by atoms with Crippen LogP contribution in [0.4, 0.5) is 0 Å². The van der Waals surface area contributed by atoms with Gasteiger partial charge in [0.15, 0.2) is 0 Å². The third kappa shape index (κ3) is 6.95. The Morgan fingerprint density at radius 1 is 1.00 bits per heavy atom. The number of carbonyl (C=O) groups excluding carboxylic acids is 2. The molecule has 3 unspecified atom stereocenters. The summed E-state index contributed by atoms with van der Waals surface area (Å²) in [5.74, 6) is -2.60. The lowest BCUT2D eigenvalue weighted by Gasteiger charge is -2.18. The number of aromatic nitrogens is 4. The fourth-order valence-electron chi connectivity index (χ4n) is 7.25. The maximum absolute atomic E-state index is 13.9. The molecule has 0 aromatic carbocycles. The van der Waals surface area contributed by atoms with Crippen LogP contribution in [0.15, 0.2) is 18.2 Å². The SMILES string of the molecule is CCc1c(C)c2cc3[nH]c(cc4nc(c(CC(=O)OC)c5nc(cc1[nH]2)C(C)=C5C(=O)NCCCO)C(CCC(=O)O)C4C)c(C)c3C(C)O. The van der Waals surface area contributed by atoms with Crippen molar-refractivity contribution in [2.24, 2.45) is 0 Å². The number of rotatable bonds is 11. The van der Waals surface area contributed by atoms with Crippen molar-refractivity contribution in [3.63, 3.8) is 0 Å². The lowest BCUT2D eigenvalue weighted by Crippen LogP contribution is -2.26. The number of carboxylic acid groups (broad SMARTS) is 1. The average molecular weight is 686 g/mol. The summed E-state index contributed by atoms with van der Waals surface area (Å²) in [4.78, 5) is 56.0. The number of nitrogens with one attached hydrogen (secondary N) is 3. The highest BCUT2D eigenvalue weighted by atomic mass is 16.5. The molecule has 2 aliphatic rings. The van der Waals surface area contributed by atoms with Crippen molar-refractivity contribution in [2.75, 3.05) is 20.3 Å². The van der Waals surface area contributed by atoms with Crippen LogP contribution in [0.3, 0.4) is 0 Å². The Bertz CT molecular complexity index is 2040. The van der Waals surface area contributed by atoms with Gasteiger partial charge in [0.1, 0.15) is 0 Å². The Morgan fingerprint density at radius 2 is 1.70 bits per heavy atom. The number of hydrogen-bond acceptors (Lipinski definition) is 8. The van der Waals surface area contributed by atoms with Gasteiger partial charge in [-0.2, -0.15) is 0 Å².